The van der Waals surface area contributed by atoms with Crippen LogP contribution < -0.4 is 15.8 Å². The summed E-state index contributed by atoms with van der Waals surface area (Å²) in [7, 11) is 0. The van der Waals surface area contributed by atoms with Crippen molar-refractivity contribution in [2.75, 3.05) is 13.2 Å². The van der Waals surface area contributed by atoms with Gasteiger partial charge in [-0.25, -0.2) is 18.4 Å². The van der Waals surface area contributed by atoms with Gasteiger partial charge in [0, 0.05) is 36.4 Å². The SMILES string of the molecule is NCCC1=CNC2(OC(=O)C(=S)C(=O)O2)N1[C@H]1COc2c(F)cc(F)cc2C1. The standard InChI is InChI=1S/C17H15F2N3O5S/c18-9-3-8-4-11(7-25-13(8)12(19)5-9)22-10(1-2-20)6-21-17(22)26-15(23)14(28)16(24)27-17/h3,5-6,11,21H,1-2,4,7,20H2/t11-/m1/s1. The lowest BCUT2D eigenvalue weighted by Crippen LogP contribution is -2.66. The van der Waals surface area contributed by atoms with Crippen molar-refractivity contribution in [3.8, 4) is 5.75 Å². The molecule has 1 fully saturated rings. The number of nitrogens with zero attached hydrogens (tertiary/aromatic N) is 1. The van der Waals surface area contributed by atoms with Crippen LogP contribution in [0.3, 0.4) is 0 Å². The predicted octanol–water partition coefficient (Wildman–Crippen LogP) is 0.445. The smallest absolute Gasteiger partial charge is 0.436 e. The van der Waals surface area contributed by atoms with Crippen LogP contribution >= 0.6 is 12.2 Å². The van der Waals surface area contributed by atoms with Crippen molar-refractivity contribution >= 4 is 29.0 Å². The first kappa shape index (κ1) is 18.6. The number of rotatable bonds is 3. The molecule has 3 N–H and O–H groups in total. The van der Waals surface area contributed by atoms with E-state index >= 15 is 0 Å². The number of hydrogen-bond donors (Lipinski definition) is 2. The number of benzene rings is 1. The van der Waals surface area contributed by atoms with Gasteiger partial charge >= 0.3 is 18.0 Å². The number of carbonyl (C=O) groups excluding carboxylic acids is 2. The van der Waals surface area contributed by atoms with Crippen molar-refractivity contribution in [1.82, 2.24) is 10.2 Å². The topological polar surface area (TPSA) is 103 Å². The molecule has 1 atom stereocenters. The van der Waals surface area contributed by atoms with Crippen LogP contribution in [0, 0.1) is 11.6 Å². The maximum Gasteiger partial charge on any atom is 0.436 e. The van der Waals surface area contributed by atoms with Gasteiger partial charge in [0.15, 0.2) is 11.6 Å². The molecule has 1 spiro atoms. The molecule has 4 rings (SSSR count). The summed E-state index contributed by atoms with van der Waals surface area (Å²) in [6, 6.07) is -0.628. The Morgan fingerprint density at radius 1 is 1.29 bits per heavy atom. The summed E-state index contributed by atoms with van der Waals surface area (Å²) >= 11 is 4.69. The van der Waals surface area contributed by atoms with E-state index in [1.165, 1.54) is 17.2 Å². The monoisotopic (exact) mass is 411 g/mol. The second-order valence-corrected chi connectivity index (χ2v) is 6.83. The molecule has 3 aliphatic rings. The van der Waals surface area contributed by atoms with Crippen molar-refractivity contribution < 1.29 is 32.6 Å². The number of nitrogens with one attached hydrogen (secondary N) is 1. The molecule has 0 saturated carbocycles. The van der Waals surface area contributed by atoms with Crippen LogP contribution in [0.25, 0.3) is 0 Å². The third-order valence-corrected chi connectivity index (χ3v) is 4.94. The molecule has 0 aliphatic carbocycles. The molecule has 28 heavy (non-hydrogen) atoms. The van der Waals surface area contributed by atoms with E-state index in [-0.39, 0.29) is 25.3 Å². The molecule has 1 aromatic rings. The number of hydrogen-bond acceptors (Lipinski definition) is 9. The number of thiocarbonyl (C=S) groups is 1. The van der Waals surface area contributed by atoms with Gasteiger partial charge in [-0.1, -0.05) is 12.2 Å². The predicted molar refractivity (Wildman–Crippen MR) is 93.6 cm³/mol. The van der Waals surface area contributed by atoms with Crippen LogP contribution in [0.15, 0.2) is 24.0 Å². The number of nitrogens with two attached hydrogens (primary N) is 1. The first-order valence-electron chi connectivity index (χ1n) is 8.42. The third kappa shape index (κ3) is 2.87. The summed E-state index contributed by atoms with van der Waals surface area (Å²) in [4.78, 5) is 25.0. The van der Waals surface area contributed by atoms with Gasteiger partial charge in [-0.05, 0) is 12.6 Å². The molecule has 3 aliphatic heterocycles. The van der Waals surface area contributed by atoms with E-state index in [9.17, 15) is 18.4 Å². The Kier molecular flexibility index (Phi) is 4.42. The number of halogens is 2. The minimum Gasteiger partial charge on any atom is -0.488 e. The first-order valence-corrected chi connectivity index (χ1v) is 8.83. The van der Waals surface area contributed by atoms with Gasteiger partial charge in [0.25, 0.3) is 0 Å². The molecule has 0 unspecified atom stereocenters. The summed E-state index contributed by atoms with van der Waals surface area (Å²) in [6.07, 6.45) is 2.01. The van der Waals surface area contributed by atoms with Gasteiger partial charge in [0.2, 0.25) is 4.86 Å². The minimum absolute atomic E-state index is 0.0273. The van der Waals surface area contributed by atoms with E-state index in [1.54, 1.807) is 0 Å². The van der Waals surface area contributed by atoms with Crippen LogP contribution in [-0.2, 0) is 25.5 Å². The number of fused-ring (bicyclic) bond motifs is 1. The van der Waals surface area contributed by atoms with Gasteiger partial charge in [-0.15, -0.1) is 0 Å². The molecule has 0 radical (unpaired) electrons. The third-order valence-electron chi connectivity index (χ3n) is 4.61. The highest BCUT2D eigenvalue weighted by Crippen LogP contribution is 2.38. The summed E-state index contributed by atoms with van der Waals surface area (Å²) in [5.41, 5.74) is 6.52. The lowest BCUT2D eigenvalue weighted by molar-refractivity contribution is -0.292. The van der Waals surface area contributed by atoms with Crippen LogP contribution in [0.4, 0.5) is 8.78 Å². The molecular weight excluding hydrogens is 396 g/mol. The zero-order valence-corrected chi connectivity index (χ0v) is 15.2. The molecule has 11 heteroatoms. The van der Waals surface area contributed by atoms with Gasteiger partial charge in [-0.3, -0.25) is 10.2 Å². The average molecular weight is 411 g/mol. The van der Waals surface area contributed by atoms with Crippen molar-refractivity contribution in [2.45, 2.75) is 24.9 Å². The quantitative estimate of drug-likeness (QED) is 0.542. The molecule has 0 aromatic heterocycles. The first-order chi connectivity index (χ1) is 13.3. The van der Waals surface area contributed by atoms with Crippen LogP contribution in [0.1, 0.15) is 12.0 Å². The van der Waals surface area contributed by atoms with E-state index in [0.717, 1.165) is 6.07 Å². The fraction of sp³-hybridized carbons (Fsp3) is 0.353. The van der Waals surface area contributed by atoms with E-state index < -0.39 is 40.5 Å². The molecular formula is C17H15F2N3O5S. The van der Waals surface area contributed by atoms with Gasteiger partial charge in [0.1, 0.15) is 12.4 Å². The van der Waals surface area contributed by atoms with Crippen molar-refractivity contribution in [2.24, 2.45) is 5.73 Å². The Labute approximate surface area is 163 Å². The second kappa shape index (κ2) is 6.67. The molecule has 0 amide bonds. The maximum absolute atomic E-state index is 14.0. The Balaban J connectivity index is 1.70. The molecule has 0 bridgehead atoms. The van der Waals surface area contributed by atoms with E-state index in [4.69, 9.17) is 19.9 Å². The van der Waals surface area contributed by atoms with Crippen molar-refractivity contribution in [3.63, 3.8) is 0 Å². The molecule has 1 aromatic carbocycles. The van der Waals surface area contributed by atoms with Crippen LogP contribution in [0.2, 0.25) is 0 Å². The maximum atomic E-state index is 14.0. The number of esters is 2. The summed E-state index contributed by atoms with van der Waals surface area (Å²) < 4.78 is 43.7. The largest absolute Gasteiger partial charge is 0.488 e. The Morgan fingerprint density at radius 3 is 2.68 bits per heavy atom. The highest BCUT2D eigenvalue weighted by Gasteiger charge is 2.57. The highest BCUT2D eigenvalue weighted by molar-refractivity contribution is 7.83. The summed E-state index contributed by atoms with van der Waals surface area (Å²) in [6.45, 7) is 0.230. The lowest BCUT2D eigenvalue weighted by atomic mass is 10.00. The van der Waals surface area contributed by atoms with Gasteiger partial charge in [-0.2, -0.15) is 0 Å². The second-order valence-electron chi connectivity index (χ2n) is 6.42. The Morgan fingerprint density at radius 2 is 2.00 bits per heavy atom. The van der Waals surface area contributed by atoms with Crippen molar-refractivity contribution in [1.29, 1.82) is 0 Å². The fourth-order valence-electron chi connectivity index (χ4n) is 3.51. The molecule has 148 valence electrons. The van der Waals surface area contributed by atoms with Crippen LogP contribution in [0.5, 0.6) is 5.75 Å². The summed E-state index contributed by atoms with van der Waals surface area (Å²) in [5.74, 6) is -3.61. The van der Waals surface area contributed by atoms with Crippen molar-refractivity contribution in [3.05, 3.63) is 41.2 Å². The molecule has 1 saturated heterocycles. The highest BCUT2D eigenvalue weighted by atomic mass is 32.1. The van der Waals surface area contributed by atoms with E-state index in [2.05, 4.69) is 17.5 Å². The van der Waals surface area contributed by atoms with Gasteiger partial charge in [0.05, 0.1) is 6.04 Å². The van der Waals surface area contributed by atoms with Crippen LogP contribution in [-0.4, -0.2) is 46.9 Å². The number of ether oxygens (including phenoxy) is 3. The zero-order chi connectivity index (χ0) is 20.1. The minimum atomic E-state index is -1.96. The normalized spacial score (nSPS) is 22.8. The summed E-state index contributed by atoms with van der Waals surface area (Å²) in [5, 5.41) is 2.74. The van der Waals surface area contributed by atoms with Gasteiger partial charge < -0.3 is 19.9 Å². The zero-order valence-electron chi connectivity index (χ0n) is 14.4. The molecule has 3 heterocycles. The van der Waals surface area contributed by atoms with E-state index in [0.29, 0.717) is 17.7 Å². The molecule has 8 nitrogen and oxygen atoms in total. The number of carbonyl (C=O) groups is 2. The Hall–Kier alpha value is -2.79. The fourth-order valence-corrected chi connectivity index (χ4v) is 3.59. The average Bonchev–Trinajstić information content (AvgIpc) is 2.96. The lowest BCUT2D eigenvalue weighted by Gasteiger charge is -2.44. The Bertz CT molecular complexity index is 902. The van der Waals surface area contributed by atoms with E-state index in [1.807, 2.05) is 0 Å².